The second-order valence-corrected chi connectivity index (χ2v) is 9.77. The normalized spacial score (nSPS) is 12.8. The summed E-state index contributed by atoms with van der Waals surface area (Å²) >= 11 is 0. The molecular weight excluding hydrogens is 563 g/mol. The second kappa shape index (κ2) is 12.6. The third-order valence-corrected chi connectivity index (χ3v) is 6.87. The van der Waals surface area contributed by atoms with Gasteiger partial charge >= 0.3 is 0 Å². The second-order valence-electron chi connectivity index (χ2n) is 9.77. The van der Waals surface area contributed by atoms with Gasteiger partial charge in [-0.3, -0.25) is 4.79 Å². The van der Waals surface area contributed by atoms with Crippen LogP contribution < -0.4 is 29.3 Å². The minimum atomic E-state index is -0.0645. The molecule has 0 unspecified atom stereocenters. The number of aliphatic hydroxyl groups is 2. The Bertz CT molecular complexity index is 1200. The van der Waals surface area contributed by atoms with Crippen molar-refractivity contribution in [2.45, 2.75) is 26.3 Å². The average Bonchev–Trinajstić information content (AvgIpc) is 2.85. The Kier molecular flexibility index (Phi) is 9.84. The van der Waals surface area contributed by atoms with Crippen LogP contribution in [0.2, 0.25) is 0 Å². The van der Waals surface area contributed by atoms with E-state index in [-0.39, 0.29) is 43.1 Å². The minimum Gasteiger partial charge on any atom is -1.00 e. The summed E-state index contributed by atoms with van der Waals surface area (Å²) in [6, 6.07) is 22.9. The predicted octanol–water partition coefficient (Wildman–Crippen LogP) is 1.57. The number of carbonyl (C=O) groups excluding carboxylic acids is 1. The lowest BCUT2D eigenvalue weighted by Crippen LogP contribution is -3.00. The molecule has 3 aromatic carbocycles. The van der Waals surface area contributed by atoms with Crippen LogP contribution >= 0.6 is 0 Å². The van der Waals surface area contributed by atoms with Gasteiger partial charge < -0.3 is 44.0 Å². The molecule has 0 bridgehead atoms. The van der Waals surface area contributed by atoms with E-state index >= 15 is 0 Å². The van der Waals surface area contributed by atoms with Crippen molar-refractivity contribution in [2.75, 3.05) is 38.7 Å². The summed E-state index contributed by atoms with van der Waals surface area (Å²) in [7, 11) is 2.03. The summed E-state index contributed by atoms with van der Waals surface area (Å²) in [5.74, 6) is -0.0645. The van der Waals surface area contributed by atoms with Crippen molar-refractivity contribution in [3.8, 4) is 11.1 Å². The first-order valence-electron chi connectivity index (χ1n) is 12.3. The van der Waals surface area contributed by atoms with Crippen LogP contribution in [0.15, 0.2) is 72.3 Å². The molecule has 6 heteroatoms. The number of nitrogens with one attached hydrogen (secondary N) is 1. The zero-order valence-corrected chi connectivity index (χ0v) is 23.2. The van der Waals surface area contributed by atoms with E-state index in [1.165, 1.54) is 16.7 Å². The van der Waals surface area contributed by atoms with Gasteiger partial charge in [0.15, 0.2) is 0 Å². The first-order chi connectivity index (χ1) is 16.9. The van der Waals surface area contributed by atoms with Gasteiger partial charge in [0.1, 0.15) is 19.6 Å². The van der Waals surface area contributed by atoms with Gasteiger partial charge in [0.2, 0.25) is 0 Å². The topological polar surface area (TPSA) is 69.6 Å². The molecule has 0 fully saturated rings. The van der Waals surface area contributed by atoms with Crippen molar-refractivity contribution in [1.82, 2.24) is 0 Å². The van der Waals surface area contributed by atoms with Crippen molar-refractivity contribution in [3.63, 3.8) is 0 Å². The van der Waals surface area contributed by atoms with Crippen LogP contribution in [0, 0.1) is 6.92 Å². The minimum absolute atomic E-state index is 0. The van der Waals surface area contributed by atoms with Crippen LogP contribution in [0.1, 0.15) is 28.7 Å². The first-order valence-corrected chi connectivity index (χ1v) is 12.3. The highest BCUT2D eigenvalue weighted by Gasteiger charge is 2.21. The number of amides is 1. The molecule has 4 rings (SSSR count). The van der Waals surface area contributed by atoms with Gasteiger partial charge in [0.25, 0.3) is 5.91 Å². The van der Waals surface area contributed by atoms with Crippen LogP contribution in [-0.4, -0.2) is 54.0 Å². The molecule has 0 aromatic heterocycles. The Morgan fingerprint density at radius 1 is 0.889 bits per heavy atom. The van der Waals surface area contributed by atoms with Crippen molar-refractivity contribution >= 4 is 17.7 Å². The number of quaternary nitrogens is 1. The van der Waals surface area contributed by atoms with Crippen LogP contribution in [-0.2, 0) is 17.8 Å². The number of rotatable bonds is 9. The first kappa shape index (κ1) is 28.1. The van der Waals surface area contributed by atoms with Gasteiger partial charge in [0, 0.05) is 16.8 Å². The van der Waals surface area contributed by atoms with E-state index in [1.54, 1.807) is 0 Å². The fourth-order valence-electron chi connectivity index (χ4n) is 4.69. The Morgan fingerprint density at radius 3 is 2.17 bits per heavy atom. The van der Waals surface area contributed by atoms with E-state index < -0.39 is 0 Å². The fraction of sp³-hybridized carbons (Fsp3) is 0.300. The lowest BCUT2D eigenvalue weighted by Gasteiger charge is -2.33. The number of anilines is 1. The summed E-state index contributed by atoms with van der Waals surface area (Å²) < 4.78 is 0.565. The van der Waals surface area contributed by atoms with Gasteiger partial charge in [0.05, 0.1) is 20.3 Å². The zero-order chi connectivity index (χ0) is 24.8. The lowest BCUT2D eigenvalue weighted by atomic mass is 9.89. The number of hydrogen-bond donors (Lipinski definition) is 3. The molecule has 190 valence electrons. The number of likely N-dealkylation sites (N-methyl/N-ethyl adjacent to an activating group) is 1. The fourth-order valence-corrected chi connectivity index (χ4v) is 4.69. The Morgan fingerprint density at radius 2 is 1.53 bits per heavy atom. The third-order valence-electron chi connectivity index (χ3n) is 6.87. The number of halogens is 1. The predicted molar refractivity (Wildman–Crippen MR) is 142 cm³/mol. The summed E-state index contributed by atoms with van der Waals surface area (Å²) in [4.78, 5) is 13.0. The van der Waals surface area contributed by atoms with Crippen LogP contribution in [0.25, 0.3) is 17.2 Å². The summed E-state index contributed by atoms with van der Waals surface area (Å²) in [5, 5.41) is 21.8. The van der Waals surface area contributed by atoms with Gasteiger partial charge in [-0.1, -0.05) is 54.1 Å². The highest BCUT2D eigenvalue weighted by molar-refractivity contribution is 6.07. The van der Waals surface area contributed by atoms with Gasteiger partial charge in [-0.15, -0.1) is 0 Å². The summed E-state index contributed by atoms with van der Waals surface area (Å²) in [6.07, 6.45) is 3.60. The maximum atomic E-state index is 13.0. The molecule has 1 amide bonds. The Labute approximate surface area is 231 Å². The standard InChI is InChI=1S/C30H34N2O3.HI/c1-22-3-7-24(8-4-22)26-11-9-25-10-12-27(20-28(25)19-26)30(35)31-29-13-5-23(6-14-29)21-32(2,15-17-33)16-18-34;/h3-9,11,13-14,19-20,33-34H,10,12,15-18,21H2,1-2H3;1H. The molecule has 0 aliphatic heterocycles. The van der Waals surface area contributed by atoms with E-state index in [0.717, 1.165) is 40.8 Å². The quantitative estimate of drug-likeness (QED) is 0.259. The number of nitrogens with zero attached hydrogens (tertiary/aromatic N) is 1. The maximum Gasteiger partial charge on any atom is 0.251 e. The third kappa shape index (κ3) is 7.03. The van der Waals surface area contributed by atoms with Crippen molar-refractivity contribution in [2.24, 2.45) is 0 Å². The molecule has 0 heterocycles. The highest BCUT2D eigenvalue weighted by Crippen LogP contribution is 2.30. The van der Waals surface area contributed by atoms with Gasteiger partial charge in [-0.2, -0.15) is 0 Å². The molecule has 0 atom stereocenters. The van der Waals surface area contributed by atoms with Crippen molar-refractivity contribution in [3.05, 3.63) is 94.6 Å². The number of aryl methyl sites for hydroxylation is 2. The Hall–Kier alpha value is -2.52. The number of carbonyl (C=O) groups is 1. The molecule has 3 N–H and O–H groups in total. The summed E-state index contributed by atoms with van der Waals surface area (Å²) in [5.41, 5.74) is 8.61. The molecular formula is C30H35IN2O3. The Balaban J connectivity index is 0.00000361. The highest BCUT2D eigenvalue weighted by atomic mass is 127. The van der Waals surface area contributed by atoms with Crippen molar-refractivity contribution < 1.29 is 43.5 Å². The van der Waals surface area contributed by atoms with Crippen molar-refractivity contribution in [1.29, 1.82) is 0 Å². The number of hydrogen-bond acceptors (Lipinski definition) is 3. The van der Waals surface area contributed by atoms with Crippen LogP contribution in [0.4, 0.5) is 5.69 Å². The van der Waals surface area contributed by atoms with E-state index in [0.29, 0.717) is 24.1 Å². The average molecular weight is 599 g/mol. The van der Waals surface area contributed by atoms with Crippen LogP contribution in [0.3, 0.4) is 0 Å². The SMILES string of the molecule is Cc1ccc(-c2ccc3c(c2)C=C(C(=O)Nc2ccc(C[N+](C)(CCO)CCO)cc2)CC3)cc1.[I-]. The molecule has 3 aromatic rings. The monoisotopic (exact) mass is 598 g/mol. The number of benzene rings is 3. The largest absolute Gasteiger partial charge is 1.00 e. The molecule has 0 spiro atoms. The molecule has 1 aliphatic rings. The number of fused-ring (bicyclic) bond motifs is 1. The van der Waals surface area contributed by atoms with E-state index in [1.807, 2.05) is 37.4 Å². The molecule has 1 aliphatic carbocycles. The molecule has 0 saturated carbocycles. The smallest absolute Gasteiger partial charge is 0.251 e. The van der Waals surface area contributed by atoms with E-state index in [4.69, 9.17) is 0 Å². The molecule has 0 radical (unpaired) electrons. The maximum absolute atomic E-state index is 13.0. The molecule has 36 heavy (non-hydrogen) atoms. The van der Waals surface area contributed by atoms with Gasteiger partial charge in [-0.25, -0.2) is 0 Å². The summed E-state index contributed by atoms with van der Waals surface area (Å²) in [6.45, 7) is 4.12. The van der Waals surface area contributed by atoms with Crippen LogP contribution in [0.5, 0.6) is 0 Å². The van der Waals surface area contributed by atoms with E-state index in [2.05, 4.69) is 54.7 Å². The zero-order valence-electron chi connectivity index (χ0n) is 21.0. The number of aliphatic hydroxyl groups excluding tert-OH is 2. The molecule has 0 saturated heterocycles. The van der Waals surface area contributed by atoms with Gasteiger partial charge in [-0.05, 0) is 66.3 Å². The molecule has 5 nitrogen and oxygen atoms in total. The van der Waals surface area contributed by atoms with E-state index in [9.17, 15) is 15.0 Å². The lowest BCUT2D eigenvalue weighted by molar-refractivity contribution is -0.923.